The predicted molar refractivity (Wildman–Crippen MR) is 163 cm³/mol. The number of allylic oxidation sites excluding steroid dienone is 1. The van der Waals surface area contributed by atoms with E-state index in [9.17, 15) is 30.3 Å². The lowest BCUT2D eigenvalue weighted by Gasteiger charge is -2.51. The highest BCUT2D eigenvalue weighted by Crippen LogP contribution is 2.57. The van der Waals surface area contributed by atoms with E-state index in [1.807, 2.05) is 12.1 Å². The van der Waals surface area contributed by atoms with E-state index in [0.29, 0.717) is 33.7 Å². The summed E-state index contributed by atoms with van der Waals surface area (Å²) in [5, 5.41) is 53.9. The first-order valence-electron chi connectivity index (χ1n) is 15.4. The summed E-state index contributed by atoms with van der Waals surface area (Å²) in [5.74, 6) is 3.21. The molecule has 5 fully saturated rings. The molecule has 1 amide bonds. The van der Waals surface area contributed by atoms with Crippen molar-refractivity contribution in [3.8, 4) is 11.5 Å². The van der Waals surface area contributed by atoms with Gasteiger partial charge in [0.2, 0.25) is 0 Å². The number of phenolic OH excluding ortho intramolecular Hbond substituents is 1. The van der Waals surface area contributed by atoms with Crippen LogP contribution in [-0.4, -0.2) is 80.6 Å². The zero-order chi connectivity index (χ0) is 30.5. The second-order valence-corrected chi connectivity index (χ2v) is 13.8. The third-order valence-corrected chi connectivity index (χ3v) is 10.9. The van der Waals surface area contributed by atoms with Crippen LogP contribution < -0.4 is 10.1 Å². The average molecular weight is 623 g/mol. The average Bonchev–Trinajstić information content (AvgIpc) is 3.44. The largest absolute Gasteiger partial charge is 0.508 e. The summed E-state index contributed by atoms with van der Waals surface area (Å²) in [4.78, 5) is 17.1. The Morgan fingerprint density at radius 1 is 1.00 bits per heavy atom. The molecule has 5 atom stereocenters. The zero-order valence-corrected chi connectivity index (χ0v) is 25.0. The molecular formula is C33H38N2O8S. The zero-order valence-electron chi connectivity index (χ0n) is 24.2. The van der Waals surface area contributed by atoms with Gasteiger partial charge < -0.3 is 40.3 Å². The Morgan fingerprint density at radius 2 is 1.75 bits per heavy atom. The van der Waals surface area contributed by atoms with Gasteiger partial charge in [0, 0.05) is 5.56 Å². The number of carbonyl (C=O) groups excluding carboxylic acids is 1. The van der Waals surface area contributed by atoms with Crippen LogP contribution >= 0.6 is 11.3 Å². The van der Waals surface area contributed by atoms with Gasteiger partial charge in [-0.2, -0.15) is 0 Å². The van der Waals surface area contributed by atoms with Crippen LogP contribution in [0, 0.1) is 23.7 Å². The first-order chi connectivity index (χ1) is 21.3. The van der Waals surface area contributed by atoms with E-state index in [1.54, 1.807) is 18.2 Å². The van der Waals surface area contributed by atoms with Crippen molar-refractivity contribution in [3.05, 3.63) is 58.1 Å². The van der Waals surface area contributed by atoms with Crippen molar-refractivity contribution in [1.82, 2.24) is 10.3 Å². The topological polar surface area (TPSA) is 162 Å². The number of aliphatic hydroxyl groups excluding tert-OH is 4. The fourth-order valence-electron chi connectivity index (χ4n) is 7.90. The van der Waals surface area contributed by atoms with Crippen molar-refractivity contribution in [2.75, 3.05) is 19.8 Å². The van der Waals surface area contributed by atoms with Gasteiger partial charge in [0.05, 0.1) is 23.4 Å². The highest BCUT2D eigenvalue weighted by Gasteiger charge is 2.46. The minimum atomic E-state index is -1.48. The molecule has 11 heteroatoms. The van der Waals surface area contributed by atoms with Gasteiger partial charge in [-0.15, -0.1) is 11.3 Å². The number of aliphatic hydroxyl groups is 4. The van der Waals surface area contributed by atoms with Crippen LogP contribution in [-0.2, 0) is 4.74 Å². The lowest BCUT2D eigenvalue weighted by atomic mass is 9.54. The SMILES string of the molecule is O=C(NCCOc1cc([C@@H]2O[C@H](CO)[C@H](O)[C@H](O)[C@H]2O)ccc1C=C1C2CC3CC(C2)CC1C3)c1nc2ccc(O)cc2s1. The Kier molecular flexibility index (Phi) is 8.11. The van der Waals surface area contributed by atoms with Crippen molar-refractivity contribution in [2.24, 2.45) is 23.7 Å². The van der Waals surface area contributed by atoms with Crippen molar-refractivity contribution in [1.29, 1.82) is 0 Å². The van der Waals surface area contributed by atoms with E-state index in [2.05, 4.69) is 16.4 Å². The fraction of sp³-hybridized carbons (Fsp3) is 0.515. The number of phenols is 1. The molecule has 44 heavy (non-hydrogen) atoms. The molecule has 2 aromatic carbocycles. The molecule has 4 bridgehead atoms. The smallest absolute Gasteiger partial charge is 0.280 e. The molecule has 5 aliphatic rings. The van der Waals surface area contributed by atoms with Crippen LogP contribution in [0.25, 0.3) is 16.3 Å². The van der Waals surface area contributed by atoms with Crippen molar-refractivity contribution >= 4 is 33.5 Å². The normalized spacial score (nSPS) is 32.6. The molecule has 6 N–H and O–H groups in total. The lowest BCUT2D eigenvalue weighted by Crippen LogP contribution is -2.55. The number of fused-ring (bicyclic) bond motifs is 1. The fourth-order valence-corrected chi connectivity index (χ4v) is 8.82. The predicted octanol–water partition coefficient (Wildman–Crippen LogP) is 3.17. The van der Waals surface area contributed by atoms with Crippen LogP contribution in [0.3, 0.4) is 0 Å². The molecule has 3 aromatic rings. The third kappa shape index (κ3) is 5.61. The first-order valence-corrected chi connectivity index (χ1v) is 16.3. The van der Waals surface area contributed by atoms with E-state index >= 15 is 0 Å². The van der Waals surface area contributed by atoms with Gasteiger partial charge >= 0.3 is 0 Å². The summed E-state index contributed by atoms with van der Waals surface area (Å²) in [6.45, 7) is -0.118. The van der Waals surface area contributed by atoms with Gasteiger partial charge in [0.15, 0.2) is 5.01 Å². The second kappa shape index (κ2) is 12.0. The van der Waals surface area contributed by atoms with Gasteiger partial charge in [0.1, 0.15) is 48.6 Å². The molecule has 0 radical (unpaired) electrons. The summed E-state index contributed by atoms with van der Waals surface area (Å²) in [6, 6.07) is 10.3. The quantitative estimate of drug-likeness (QED) is 0.207. The molecule has 10 nitrogen and oxygen atoms in total. The molecule has 1 saturated heterocycles. The lowest BCUT2D eigenvalue weighted by molar-refractivity contribution is -0.231. The molecule has 8 rings (SSSR count). The number of hydrogen-bond acceptors (Lipinski definition) is 10. The number of aromatic hydroxyl groups is 1. The molecule has 4 saturated carbocycles. The summed E-state index contributed by atoms with van der Waals surface area (Å²) < 4.78 is 12.8. The number of nitrogens with one attached hydrogen (secondary N) is 1. The number of aromatic nitrogens is 1. The maximum absolute atomic E-state index is 12.8. The summed E-state index contributed by atoms with van der Waals surface area (Å²) in [7, 11) is 0. The molecule has 0 spiro atoms. The van der Waals surface area contributed by atoms with Crippen LogP contribution in [0.1, 0.15) is 59.1 Å². The number of ether oxygens (including phenoxy) is 2. The maximum atomic E-state index is 12.8. The summed E-state index contributed by atoms with van der Waals surface area (Å²) >= 11 is 1.20. The monoisotopic (exact) mass is 622 g/mol. The van der Waals surface area contributed by atoms with Crippen LogP contribution in [0.2, 0.25) is 0 Å². The maximum Gasteiger partial charge on any atom is 0.280 e. The molecular weight excluding hydrogens is 584 g/mol. The first kappa shape index (κ1) is 29.6. The van der Waals surface area contributed by atoms with E-state index in [-0.39, 0.29) is 24.8 Å². The van der Waals surface area contributed by atoms with Crippen molar-refractivity contribution in [2.45, 2.75) is 62.6 Å². The number of benzene rings is 2. The number of thiazole rings is 1. The minimum Gasteiger partial charge on any atom is -0.508 e. The highest BCUT2D eigenvalue weighted by molar-refractivity contribution is 7.20. The molecule has 4 aliphatic carbocycles. The second-order valence-electron chi connectivity index (χ2n) is 12.8. The van der Waals surface area contributed by atoms with Gasteiger partial charge in [-0.1, -0.05) is 23.8 Å². The van der Waals surface area contributed by atoms with Crippen LogP contribution in [0.4, 0.5) is 0 Å². The van der Waals surface area contributed by atoms with E-state index < -0.39 is 37.1 Å². The number of rotatable bonds is 8. The van der Waals surface area contributed by atoms with E-state index in [1.165, 1.54) is 55.1 Å². The molecule has 234 valence electrons. The molecule has 1 aromatic heterocycles. The van der Waals surface area contributed by atoms with Crippen molar-refractivity contribution in [3.63, 3.8) is 0 Å². The minimum absolute atomic E-state index is 0.117. The molecule has 1 aliphatic heterocycles. The highest BCUT2D eigenvalue weighted by atomic mass is 32.1. The van der Waals surface area contributed by atoms with Crippen molar-refractivity contribution < 1.29 is 39.8 Å². The van der Waals surface area contributed by atoms with Gasteiger partial charge in [-0.25, -0.2) is 4.98 Å². The van der Waals surface area contributed by atoms with Gasteiger partial charge in [-0.05, 0) is 85.6 Å². The van der Waals surface area contributed by atoms with E-state index in [4.69, 9.17) is 9.47 Å². The third-order valence-electron chi connectivity index (χ3n) is 9.87. The number of carbonyl (C=O) groups is 1. The number of hydrogen-bond donors (Lipinski definition) is 6. The van der Waals surface area contributed by atoms with Gasteiger partial charge in [-0.3, -0.25) is 4.79 Å². The molecule has 0 unspecified atom stereocenters. The Bertz CT molecular complexity index is 1540. The Labute approximate surface area is 259 Å². The van der Waals surface area contributed by atoms with E-state index in [0.717, 1.165) is 22.1 Å². The molecule has 2 heterocycles. The Hall–Kier alpha value is -3.06. The van der Waals surface area contributed by atoms with Crippen LogP contribution in [0.15, 0.2) is 42.0 Å². The standard InChI is InChI=1S/C33H38N2O8S/c36-15-26-28(38)29(39)30(40)31(43-26)19-2-1-18(12-23-20-8-16-7-17(10-20)11-21(23)9-16)25(13-19)42-6-5-34-32(41)33-35-24-4-3-22(37)14-27(24)44-33/h1-4,12-14,16-17,20-21,26,28-31,36-40H,5-11,15H2,(H,34,41)/t16?,17?,20?,21?,26-,28+,29+,30-,31+/m1/s1. The summed E-state index contributed by atoms with van der Waals surface area (Å²) in [6.07, 6.45) is 2.30. The van der Waals surface area contributed by atoms with Gasteiger partial charge in [0.25, 0.3) is 5.91 Å². The van der Waals surface area contributed by atoms with Crippen LogP contribution in [0.5, 0.6) is 11.5 Å². The Morgan fingerprint density at radius 3 is 2.48 bits per heavy atom. The number of amides is 1. The summed E-state index contributed by atoms with van der Waals surface area (Å²) in [5.41, 5.74) is 3.57. The number of nitrogens with zero attached hydrogens (tertiary/aromatic N) is 1. The Balaban J connectivity index is 1.10.